The molecule has 1 N–H and O–H groups in total. The molecule has 0 saturated carbocycles. The molecule has 1 aromatic heterocycles. The summed E-state index contributed by atoms with van der Waals surface area (Å²) >= 11 is 7.78. The van der Waals surface area contributed by atoms with Gasteiger partial charge in [0.15, 0.2) is 0 Å². The van der Waals surface area contributed by atoms with Gasteiger partial charge in [-0.2, -0.15) is 0 Å². The van der Waals surface area contributed by atoms with E-state index in [1.165, 1.54) is 21.2 Å². The Kier molecular flexibility index (Phi) is 4.59. The lowest BCUT2D eigenvalue weighted by molar-refractivity contribution is 0.558. The molecule has 3 heteroatoms. The molecule has 0 aliphatic heterocycles. The van der Waals surface area contributed by atoms with E-state index in [4.69, 9.17) is 11.6 Å². The van der Waals surface area contributed by atoms with Crippen LogP contribution in [0, 0.1) is 0 Å². The standard InChI is InChI=1S/C18H18ClNS/c1-20-16(10-13-6-8-15(19)9-7-13)11-14-12-21-18-5-3-2-4-17(14)18/h2-9,12,16,20H,10-11H2,1H3. The molecule has 3 aromatic rings. The molecule has 0 spiro atoms. The fourth-order valence-electron chi connectivity index (χ4n) is 2.64. The molecular formula is C18H18ClNS. The van der Waals surface area contributed by atoms with Gasteiger partial charge >= 0.3 is 0 Å². The van der Waals surface area contributed by atoms with E-state index in [0.29, 0.717) is 6.04 Å². The van der Waals surface area contributed by atoms with Crippen molar-refractivity contribution in [3.63, 3.8) is 0 Å². The van der Waals surface area contributed by atoms with E-state index in [2.05, 4.69) is 47.1 Å². The molecule has 2 aromatic carbocycles. The number of halogens is 1. The second-order valence-corrected chi connectivity index (χ2v) is 6.63. The van der Waals surface area contributed by atoms with Crippen LogP contribution in [-0.4, -0.2) is 13.1 Å². The largest absolute Gasteiger partial charge is 0.316 e. The molecule has 0 saturated heterocycles. The minimum Gasteiger partial charge on any atom is -0.316 e. The molecular weight excluding hydrogens is 298 g/mol. The predicted molar refractivity (Wildman–Crippen MR) is 93.5 cm³/mol. The molecule has 0 bridgehead atoms. The Bertz CT molecular complexity index is 717. The molecule has 1 unspecified atom stereocenters. The van der Waals surface area contributed by atoms with Gasteiger partial charge in [-0.3, -0.25) is 0 Å². The first-order chi connectivity index (χ1) is 10.3. The van der Waals surface area contributed by atoms with Crippen LogP contribution in [0.15, 0.2) is 53.9 Å². The number of fused-ring (bicyclic) bond motifs is 1. The van der Waals surface area contributed by atoms with Gasteiger partial charge < -0.3 is 5.32 Å². The van der Waals surface area contributed by atoms with E-state index < -0.39 is 0 Å². The highest BCUT2D eigenvalue weighted by molar-refractivity contribution is 7.17. The van der Waals surface area contributed by atoms with Crippen molar-refractivity contribution >= 4 is 33.0 Å². The quantitative estimate of drug-likeness (QED) is 0.704. The Morgan fingerprint density at radius 2 is 1.81 bits per heavy atom. The number of benzene rings is 2. The maximum absolute atomic E-state index is 5.95. The highest BCUT2D eigenvalue weighted by Gasteiger charge is 2.11. The Balaban J connectivity index is 1.76. The van der Waals surface area contributed by atoms with Crippen molar-refractivity contribution in [1.29, 1.82) is 0 Å². The zero-order valence-corrected chi connectivity index (χ0v) is 13.5. The van der Waals surface area contributed by atoms with Crippen LogP contribution in [0.25, 0.3) is 10.1 Å². The topological polar surface area (TPSA) is 12.0 Å². The van der Waals surface area contributed by atoms with E-state index in [1.54, 1.807) is 0 Å². The second-order valence-electron chi connectivity index (χ2n) is 5.28. The summed E-state index contributed by atoms with van der Waals surface area (Å²) < 4.78 is 1.37. The summed E-state index contributed by atoms with van der Waals surface area (Å²) in [6, 6.07) is 17.2. The lowest BCUT2D eigenvalue weighted by Gasteiger charge is -2.16. The zero-order chi connectivity index (χ0) is 14.7. The summed E-state index contributed by atoms with van der Waals surface area (Å²) in [5, 5.41) is 7.91. The van der Waals surface area contributed by atoms with Crippen molar-refractivity contribution < 1.29 is 0 Å². The second kappa shape index (κ2) is 6.61. The molecule has 1 atom stereocenters. The Morgan fingerprint density at radius 1 is 1.05 bits per heavy atom. The molecule has 0 aliphatic rings. The van der Waals surface area contributed by atoms with Gasteiger partial charge in [-0.1, -0.05) is 41.9 Å². The van der Waals surface area contributed by atoms with E-state index >= 15 is 0 Å². The van der Waals surface area contributed by atoms with E-state index in [1.807, 2.05) is 30.5 Å². The average molecular weight is 316 g/mol. The lowest BCUT2D eigenvalue weighted by atomic mass is 9.99. The van der Waals surface area contributed by atoms with Crippen LogP contribution in [0.5, 0.6) is 0 Å². The molecule has 21 heavy (non-hydrogen) atoms. The Labute approximate surface area is 134 Å². The maximum atomic E-state index is 5.95. The molecule has 0 radical (unpaired) electrons. The lowest BCUT2D eigenvalue weighted by Crippen LogP contribution is -2.29. The van der Waals surface area contributed by atoms with Crippen LogP contribution in [0.3, 0.4) is 0 Å². The number of nitrogens with one attached hydrogen (secondary N) is 1. The molecule has 0 fully saturated rings. The first-order valence-electron chi connectivity index (χ1n) is 7.13. The third-order valence-electron chi connectivity index (χ3n) is 3.83. The monoisotopic (exact) mass is 315 g/mol. The summed E-state index contributed by atoms with van der Waals surface area (Å²) in [5.41, 5.74) is 2.75. The highest BCUT2D eigenvalue weighted by Crippen LogP contribution is 2.27. The number of likely N-dealkylation sites (N-methyl/N-ethyl adjacent to an activating group) is 1. The van der Waals surface area contributed by atoms with Gasteiger partial charge in [0.25, 0.3) is 0 Å². The van der Waals surface area contributed by atoms with Crippen molar-refractivity contribution in [1.82, 2.24) is 5.32 Å². The molecule has 1 nitrogen and oxygen atoms in total. The van der Waals surface area contributed by atoms with Crippen molar-refractivity contribution in [2.75, 3.05) is 7.05 Å². The third kappa shape index (κ3) is 3.46. The highest BCUT2D eigenvalue weighted by atomic mass is 35.5. The number of hydrogen-bond donors (Lipinski definition) is 1. The van der Waals surface area contributed by atoms with Gasteiger partial charge in [0.2, 0.25) is 0 Å². The van der Waals surface area contributed by atoms with Gasteiger partial charge in [0.1, 0.15) is 0 Å². The fourth-order valence-corrected chi connectivity index (χ4v) is 3.74. The Morgan fingerprint density at radius 3 is 2.57 bits per heavy atom. The Hall–Kier alpha value is -1.35. The number of thiophene rings is 1. The van der Waals surface area contributed by atoms with Gasteiger partial charge in [-0.05, 0) is 60.0 Å². The summed E-state index contributed by atoms with van der Waals surface area (Å²) in [6.07, 6.45) is 2.06. The molecule has 1 heterocycles. The van der Waals surface area contributed by atoms with Crippen LogP contribution in [0.4, 0.5) is 0 Å². The third-order valence-corrected chi connectivity index (χ3v) is 5.10. The van der Waals surface area contributed by atoms with E-state index in [-0.39, 0.29) is 0 Å². The van der Waals surface area contributed by atoms with E-state index in [0.717, 1.165) is 17.9 Å². The van der Waals surface area contributed by atoms with Gasteiger partial charge in [-0.15, -0.1) is 11.3 Å². The van der Waals surface area contributed by atoms with E-state index in [9.17, 15) is 0 Å². The maximum Gasteiger partial charge on any atom is 0.0406 e. The summed E-state index contributed by atoms with van der Waals surface area (Å²) in [5.74, 6) is 0. The first kappa shape index (κ1) is 14.6. The molecule has 108 valence electrons. The van der Waals surface area contributed by atoms with Crippen LogP contribution in [0.2, 0.25) is 5.02 Å². The summed E-state index contributed by atoms with van der Waals surface area (Å²) in [4.78, 5) is 0. The summed E-state index contributed by atoms with van der Waals surface area (Å²) in [6.45, 7) is 0. The fraction of sp³-hybridized carbons (Fsp3) is 0.222. The molecule has 0 aliphatic carbocycles. The van der Waals surface area contributed by atoms with Crippen LogP contribution in [0.1, 0.15) is 11.1 Å². The average Bonchev–Trinajstić information content (AvgIpc) is 2.92. The minimum atomic E-state index is 0.434. The van der Waals surface area contributed by atoms with Crippen molar-refractivity contribution in [2.24, 2.45) is 0 Å². The first-order valence-corrected chi connectivity index (χ1v) is 8.39. The SMILES string of the molecule is CNC(Cc1ccc(Cl)cc1)Cc1csc2ccccc12. The van der Waals surface area contributed by atoms with Gasteiger partial charge in [-0.25, -0.2) is 0 Å². The van der Waals surface area contributed by atoms with Crippen LogP contribution < -0.4 is 5.32 Å². The number of hydrogen-bond acceptors (Lipinski definition) is 2. The summed E-state index contributed by atoms with van der Waals surface area (Å²) in [7, 11) is 2.04. The normalized spacial score (nSPS) is 12.7. The molecule has 3 rings (SSSR count). The van der Waals surface area contributed by atoms with Crippen molar-refractivity contribution in [2.45, 2.75) is 18.9 Å². The minimum absolute atomic E-state index is 0.434. The van der Waals surface area contributed by atoms with Crippen LogP contribution >= 0.6 is 22.9 Å². The van der Waals surface area contributed by atoms with Gasteiger partial charge in [0.05, 0.1) is 0 Å². The smallest absolute Gasteiger partial charge is 0.0406 e. The zero-order valence-electron chi connectivity index (χ0n) is 12.0. The number of rotatable bonds is 5. The van der Waals surface area contributed by atoms with Gasteiger partial charge in [0, 0.05) is 15.8 Å². The predicted octanol–water partition coefficient (Wildman–Crippen LogP) is 4.93. The van der Waals surface area contributed by atoms with Crippen LogP contribution in [-0.2, 0) is 12.8 Å². The molecule has 0 amide bonds. The van der Waals surface area contributed by atoms with Crippen molar-refractivity contribution in [3.8, 4) is 0 Å². The van der Waals surface area contributed by atoms with Crippen molar-refractivity contribution in [3.05, 3.63) is 70.1 Å².